The summed E-state index contributed by atoms with van der Waals surface area (Å²) < 4.78 is 22.5. The van der Waals surface area contributed by atoms with E-state index in [0.29, 0.717) is 34.7 Å². The molecule has 9 heteroatoms. The summed E-state index contributed by atoms with van der Waals surface area (Å²) in [6.07, 6.45) is 17.3. The van der Waals surface area contributed by atoms with Gasteiger partial charge in [-0.3, -0.25) is 10.1 Å². The number of benzene rings is 3. The van der Waals surface area contributed by atoms with E-state index < -0.39 is 10.9 Å². The van der Waals surface area contributed by atoms with E-state index in [2.05, 4.69) is 13.5 Å². The van der Waals surface area contributed by atoms with Crippen LogP contribution in [0, 0.1) is 10.1 Å². The molecule has 0 bridgehead atoms. The highest BCUT2D eigenvalue weighted by Crippen LogP contribution is 2.38. The summed E-state index contributed by atoms with van der Waals surface area (Å²) >= 11 is 0. The van der Waals surface area contributed by atoms with E-state index in [0.717, 1.165) is 63.7 Å². The Hall–Kier alpha value is -4.53. The Bertz CT molecular complexity index is 1420. The van der Waals surface area contributed by atoms with E-state index in [-0.39, 0.29) is 17.5 Å². The predicted molar refractivity (Wildman–Crippen MR) is 196 cm³/mol. The number of anilines is 1. The molecule has 0 heterocycles. The minimum atomic E-state index is -0.516. The zero-order valence-corrected chi connectivity index (χ0v) is 29.3. The normalized spacial score (nSPS) is 11.5. The van der Waals surface area contributed by atoms with Crippen molar-refractivity contribution >= 4 is 17.3 Å². The van der Waals surface area contributed by atoms with Crippen LogP contribution in [0.2, 0.25) is 0 Å². The number of nitrogen functional groups attached to an aromatic ring is 1. The Morgan fingerprint density at radius 1 is 0.837 bits per heavy atom. The minimum Gasteiger partial charge on any atom is -0.502 e. The Morgan fingerprint density at radius 3 is 2.04 bits per heavy atom. The highest BCUT2D eigenvalue weighted by atomic mass is 16.6. The molecule has 0 aliphatic heterocycles. The van der Waals surface area contributed by atoms with Gasteiger partial charge in [-0.1, -0.05) is 89.8 Å². The van der Waals surface area contributed by atoms with Crippen LogP contribution in [0.5, 0.6) is 17.2 Å². The van der Waals surface area contributed by atoms with Crippen LogP contribution in [0.3, 0.4) is 0 Å². The molecule has 9 nitrogen and oxygen atoms in total. The highest BCUT2D eigenvalue weighted by Gasteiger charge is 2.21. The van der Waals surface area contributed by atoms with Gasteiger partial charge in [0.1, 0.15) is 11.5 Å². The second-order valence-corrected chi connectivity index (χ2v) is 12.4. The number of nitro groups is 1. The number of nitro benzene ring substituents is 1. The van der Waals surface area contributed by atoms with Crippen LogP contribution in [-0.2, 0) is 4.74 Å². The van der Waals surface area contributed by atoms with Crippen molar-refractivity contribution in [2.45, 2.75) is 110 Å². The summed E-state index contributed by atoms with van der Waals surface area (Å²) in [6.45, 7) is 9.04. The Balaban J connectivity index is 1.43. The molecule has 49 heavy (non-hydrogen) atoms. The third-order valence-corrected chi connectivity index (χ3v) is 8.38. The van der Waals surface area contributed by atoms with E-state index >= 15 is 0 Å². The molecule has 0 aliphatic carbocycles. The molecule has 1 unspecified atom stereocenters. The largest absolute Gasteiger partial charge is 0.502 e. The Labute approximate surface area is 291 Å². The standard InChI is InChI=1S/C40H54N2O7/c1-4-6-7-15-18-31(3)48-39-30-37(41)36(29-38(39)42(44)45)32-19-21-33(22-20-32)40(43)49-35-25-23-34(24-26-35)47-28-17-14-12-10-8-9-11-13-16-27-46-5-2/h5,19-26,29-31H,2,4,6-18,27-28,41H2,1,3H3. The average Bonchev–Trinajstić information content (AvgIpc) is 3.09. The molecule has 0 aromatic heterocycles. The maximum absolute atomic E-state index is 12.8. The number of esters is 1. The fraction of sp³-hybridized carbons (Fsp3) is 0.475. The number of hydrogen-bond acceptors (Lipinski definition) is 8. The van der Waals surface area contributed by atoms with Crippen LogP contribution in [-0.4, -0.2) is 30.2 Å². The maximum atomic E-state index is 12.8. The first-order chi connectivity index (χ1) is 23.8. The molecule has 0 spiro atoms. The predicted octanol–water partition coefficient (Wildman–Crippen LogP) is 10.9. The van der Waals surface area contributed by atoms with Gasteiger partial charge in [-0.05, 0) is 74.6 Å². The van der Waals surface area contributed by atoms with Gasteiger partial charge in [0, 0.05) is 23.4 Å². The fourth-order valence-corrected chi connectivity index (χ4v) is 5.56. The van der Waals surface area contributed by atoms with E-state index in [1.807, 2.05) is 6.92 Å². The number of rotatable bonds is 25. The number of carbonyl (C=O) groups excluding carboxylic acids is 1. The molecule has 0 radical (unpaired) electrons. The molecule has 0 saturated heterocycles. The van der Waals surface area contributed by atoms with Gasteiger partial charge < -0.3 is 24.7 Å². The number of hydrogen-bond donors (Lipinski definition) is 1. The monoisotopic (exact) mass is 674 g/mol. The SMILES string of the molecule is C=COCCCCCCCCCCCOc1ccc(OC(=O)c2ccc(-c3cc([N+](=O)[O-])c(OC(C)CCCCCC)cc3N)cc2)cc1. The summed E-state index contributed by atoms with van der Waals surface area (Å²) in [7, 11) is 0. The fourth-order valence-electron chi connectivity index (χ4n) is 5.56. The van der Waals surface area contributed by atoms with Crippen molar-refractivity contribution in [2.24, 2.45) is 0 Å². The molecule has 0 fully saturated rings. The van der Waals surface area contributed by atoms with Crippen molar-refractivity contribution in [3.05, 3.63) is 89.2 Å². The van der Waals surface area contributed by atoms with Crippen molar-refractivity contribution in [3.63, 3.8) is 0 Å². The van der Waals surface area contributed by atoms with Crippen molar-refractivity contribution in [1.82, 2.24) is 0 Å². The molecule has 0 aliphatic rings. The van der Waals surface area contributed by atoms with E-state index in [9.17, 15) is 14.9 Å². The van der Waals surface area contributed by atoms with Crippen LogP contribution < -0.4 is 19.9 Å². The second kappa shape index (κ2) is 22.2. The third-order valence-electron chi connectivity index (χ3n) is 8.38. The van der Waals surface area contributed by atoms with Gasteiger partial charge in [0.15, 0.2) is 5.75 Å². The number of nitrogens with zero attached hydrogens (tertiary/aromatic N) is 1. The van der Waals surface area contributed by atoms with Gasteiger partial charge in [0.2, 0.25) is 0 Å². The lowest BCUT2D eigenvalue weighted by Gasteiger charge is -2.16. The molecule has 3 aromatic carbocycles. The number of unbranched alkanes of at least 4 members (excludes halogenated alkanes) is 11. The van der Waals surface area contributed by atoms with E-state index in [1.54, 1.807) is 48.5 Å². The smallest absolute Gasteiger partial charge is 0.343 e. The van der Waals surface area contributed by atoms with Crippen LogP contribution in [0.15, 0.2) is 73.5 Å². The van der Waals surface area contributed by atoms with Crippen molar-refractivity contribution in [3.8, 4) is 28.4 Å². The molecular formula is C40H54N2O7. The third kappa shape index (κ3) is 14.2. The summed E-state index contributed by atoms with van der Waals surface area (Å²) in [6, 6.07) is 16.6. The summed E-state index contributed by atoms with van der Waals surface area (Å²) in [5, 5.41) is 11.9. The number of ether oxygens (including phenoxy) is 4. The van der Waals surface area contributed by atoms with E-state index in [1.165, 1.54) is 56.9 Å². The molecule has 0 saturated carbocycles. The maximum Gasteiger partial charge on any atom is 0.343 e. The van der Waals surface area contributed by atoms with Crippen LogP contribution in [0.1, 0.15) is 114 Å². The Kier molecular flexibility index (Phi) is 17.6. The van der Waals surface area contributed by atoms with Crippen molar-refractivity contribution in [1.29, 1.82) is 0 Å². The van der Waals surface area contributed by atoms with Gasteiger partial charge in [0.05, 0.1) is 36.1 Å². The lowest BCUT2D eigenvalue weighted by atomic mass is 10.0. The molecular weight excluding hydrogens is 620 g/mol. The van der Waals surface area contributed by atoms with Gasteiger partial charge in [-0.15, -0.1) is 0 Å². The van der Waals surface area contributed by atoms with Gasteiger partial charge in [0.25, 0.3) is 0 Å². The highest BCUT2D eigenvalue weighted by molar-refractivity contribution is 5.92. The molecule has 0 amide bonds. The lowest BCUT2D eigenvalue weighted by molar-refractivity contribution is -0.386. The minimum absolute atomic E-state index is 0.149. The first kappa shape index (κ1) is 38.9. The summed E-state index contributed by atoms with van der Waals surface area (Å²) in [5.41, 5.74) is 8.00. The number of nitrogens with two attached hydrogens (primary N) is 1. The lowest BCUT2D eigenvalue weighted by Crippen LogP contribution is -2.13. The zero-order valence-electron chi connectivity index (χ0n) is 29.3. The van der Waals surface area contributed by atoms with Gasteiger partial charge in [-0.2, -0.15) is 0 Å². The molecule has 266 valence electrons. The second-order valence-electron chi connectivity index (χ2n) is 12.4. The zero-order chi connectivity index (χ0) is 35.3. The average molecular weight is 675 g/mol. The topological polar surface area (TPSA) is 123 Å². The quantitative estimate of drug-likeness (QED) is 0.0179. The van der Waals surface area contributed by atoms with E-state index in [4.69, 9.17) is 24.7 Å². The summed E-state index contributed by atoms with van der Waals surface area (Å²) in [4.78, 5) is 24.3. The van der Waals surface area contributed by atoms with Crippen molar-refractivity contribution in [2.75, 3.05) is 18.9 Å². The Morgan fingerprint density at radius 2 is 1.43 bits per heavy atom. The molecule has 3 aromatic rings. The van der Waals surface area contributed by atoms with Gasteiger partial charge >= 0.3 is 11.7 Å². The first-order valence-corrected chi connectivity index (χ1v) is 17.8. The molecule has 1 atom stereocenters. The van der Waals surface area contributed by atoms with Crippen LogP contribution >= 0.6 is 0 Å². The first-order valence-electron chi connectivity index (χ1n) is 17.8. The summed E-state index contributed by atoms with van der Waals surface area (Å²) in [5.74, 6) is 0.779. The van der Waals surface area contributed by atoms with Crippen LogP contribution in [0.25, 0.3) is 11.1 Å². The number of carbonyl (C=O) groups is 1. The molecule has 2 N–H and O–H groups in total. The van der Waals surface area contributed by atoms with Crippen LogP contribution in [0.4, 0.5) is 11.4 Å². The molecule has 3 rings (SSSR count). The van der Waals surface area contributed by atoms with Crippen molar-refractivity contribution < 1.29 is 28.7 Å². The van der Waals surface area contributed by atoms with Gasteiger partial charge in [-0.25, -0.2) is 4.79 Å².